The molecule has 2 unspecified atom stereocenters. The molecular formula is C22H17N3O3. The summed E-state index contributed by atoms with van der Waals surface area (Å²) in [5.74, 6) is -0.318. The van der Waals surface area contributed by atoms with Crippen molar-refractivity contribution in [3.05, 3.63) is 77.5 Å². The van der Waals surface area contributed by atoms with Crippen LogP contribution >= 0.6 is 0 Å². The summed E-state index contributed by atoms with van der Waals surface area (Å²) in [7, 11) is 0. The predicted octanol–water partition coefficient (Wildman–Crippen LogP) is 4.30. The lowest BCUT2D eigenvalue weighted by Crippen LogP contribution is -2.01. The molecule has 4 aromatic rings. The third-order valence-electron chi connectivity index (χ3n) is 5.32. The number of fused-ring (bicyclic) bond motifs is 1. The van der Waals surface area contributed by atoms with E-state index in [0.717, 1.165) is 17.7 Å². The lowest BCUT2D eigenvalue weighted by Gasteiger charge is -2.06. The molecule has 2 aromatic carbocycles. The molecule has 3 N–H and O–H groups in total. The van der Waals surface area contributed by atoms with Crippen molar-refractivity contribution in [3.8, 4) is 17.0 Å². The van der Waals surface area contributed by atoms with Crippen molar-refractivity contribution in [3.63, 3.8) is 0 Å². The zero-order valence-corrected chi connectivity index (χ0v) is 14.8. The maximum absolute atomic E-state index is 12.0. The fourth-order valence-electron chi connectivity index (χ4n) is 3.84. The fraction of sp³-hybridized carbons (Fsp3) is 0.136. The number of pyridine rings is 1. The number of hydrogen-bond donors (Lipinski definition) is 3. The zero-order chi connectivity index (χ0) is 19.3. The van der Waals surface area contributed by atoms with Crippen LogP contribution in [0.5, 0.6) is 5.75 Å². The second kappa shape index (κ2) is 6.20. The standard InChI is InChI=1S/C22H17N3O3/c26-14-8-6-13(7-9-14)18-11-17(22(27)28)19-20(24-25-21(19)23-18)16-10-15(16)12-4-2-1-3-5-12/h1-9,11,15-16,26H,10H2,(H,27,28)(H,23,24,25). The van der Waals surface area contributed by atoms with Crippen LogP contribution in [0.3, 0.4) is 0 Å². The molecule has 0 radical (unpaired) electrons. The van der Waals surface area contributed by atoms with Gasteiger partial charge in [0.2, 0.25) is 0 Å². The quantitative estimate of drug-likeness (QED) is 0.497. The normalized spacial score (nSPS) is 18.3. The monoisotopic (exact) mass is 371 g/mol. The molecule has 6 nitrogen and oxygen atoms in total. The molecule has 138 valence electrons. The van der Waals surface area contributed by atoms with E-state index in [9.17, 15) is 15.0 Å². The molecule has 0 spiro atoms. The highest BCUT2D eigenvalue weighted by Gasteiger charge is 2.42. The van der Waals surface area contributed by atoms with Crippen LogP contribution in [0.4, 0.5) is 0 Å². The molecule has 0 aliphatic heterocycles. The first-order valence-electron chi connectivity index (χ1n) is 9.08. The number of rotatable bonds is 4. The second-order valence-corrected chi connectivity index (χ2v) is 7.10. The summed E-state index contributed by atoms with van der Waals surface area (Å²) in [5, 5.41) is 27.2. The summed E-state index contributed by atoms with van der Waals surface area (Å²) in [6.07, 6.45) is 0.947. The number of aromatic carboxylic acids is 1. The average molecular weight is 371 g/mol. The van der Waals surface area contributed by atoms with E-state index in [0.29, 0.717) is 22.6 Å². The maximum atomic E-state index is 12.0. The number of carboxylic acids is 1. The van der Waals surface area contributed by atoms with Gasteiger partial charge in [0.05, 0.1) is 22.3 Å². The number of phenolic OH excluding ortho intramolecular Hbond substituents is 1. The number of H-pyrrole nitrogens is 1. The van der Waals surface area contributed by atoms with Gasteiger partial charge in [0.15, 0.2) is 5.65 Å². The number of aromatic amines is 1. The van der Waals surface area contributed by atoms with Crippen LogP contribution < -0.4 is 0 Å². The van der Waals surface area contributed by atoms with Crippen LogP contribution in [-0.2, 0) is 0 Å². The first-order valence-corrected chi connectivity index (χ1v) is 9.08. The number of aromatic nitrogens is 3. The first-order chi connectivity index (χ1) is 13.6. The van der Waals surface area contributed by atoms with Gasteiger partial charge < -0.3 is 10.2 Å². The Bertz CT molecular complexity index is 1180. The molecule has 28 heavy (non-hydrogen) atoms. The second-order valence-electron chi connectivity index (χ2n) is 7.10. The highest BCUT2D eigenvalue weighted by Crippen LogP contribution is 2.55. The summed E-state index contributed by atoms with van der Waals surface area (Å²) in [6, 6.07) is 18.3. The topological polar surface area (TPSA) is 99.1 Å². The highest BCUT2D eigenvalue weighted by molar-refractivity contribution is 6.04. The summed E-state index contributed by atoms with van der Waals surface area (Å²) < 4.78 is 0. The molecule has 1 fully saturated rings. The summed E-state index contributed by atoms with van der Waals surface area (Å²) >= 11 is 0. The maximum Gasteiger partial charge on any atom is 0.336 e. The van der Waals surface area contributed by atoms with Gasteiger partial charge in [-0.05, 0) is 48.2 Å². The lowest BCUT2D eigenvalue weighted by atomic mass is 10.0. The molecule has 1 aliphatic rings. The van der Waals surface area contributed by atoms with Crippen molar-refractivity contribution in [2.24, 2.45) is 0 Å². The van der Waals surface area contributed by atoms with E-state index in [1.54, 1.807) is 30.3 Å². The minimum atomic E-state index is -1.01. The smallest absolute Gasteiger partial charge is 0.336 e. The van der Waals surface area contributed by atoms with Gasteiger partial charge in [-0.3, -0.25) is 5.10 Å². The Hall–Kier alpha value is -3.67. The van der Waals surface area contributed by atoms with E-state index in [1.807, 2.05) is 18.2 Å². The number of hydrogen-bond acceptors (Lipinski definition) is 4. The Morgan fingerprint density at radius 2 is 1.79 bits per heavy atom. The van der Waals surface area contributed by atoms with E-state index < -0.39 is 5.97 Å². The van der Waals surface area contributed by atoms with E-state index >= 15 is 0 Å². The van der Waals surface area contributed by atoms with Crippen LogP contribution in [0, 0.1) is 0 Å². The van der Waals surface area contributed by atoms with Crippen LogP contribution in [0.1, 0.15) is 39.9 Å². The molecule has 2 aromatic heterocycles. The Morgan fingerprint density at radius 1 is 1.04 bits per heavy atom. The van der Waals surface area contributed by atoms with Gasteiger partial charge in [-0.1, -0.05) is 30.3 Å². The molecule has 2 heterocycles. The molecule has 1 saturated carbocycles. The van der Waals surface area contributed by atoms with Gasteiger partial charge in [0.1, 0.15) is 5.75 Å². The minimum Gasteiger partial charge on any atom is -0.508 e. The van der Waals surface area contributed by atoms with Gasteiger partial charge in [-0.15, -0.1) is 0 Å². The van der Waals surface area contributed by atoms with Crippen LogP contribution in [-0.4, -0.2) is 31.4 Å². The molecule has 0 bridgehead atoms. The van der Waals surface area contributed by atoms with Crippen molar-refractivity contribution < 1.29 is 15.0 Å². The number of nitrogens with zero attached hydrogens (tertiary/aromatic N) is 2. The van der Waals surface area contributed by atoms with E-state index in [-0.39, 0.29) is 17.2 Å². The molecule has 0 saturated heterocycles. The predicted molar refractivity (Wildman–Crippen MR) is 104 cm³/mol. The van der Waals surface area contributed by atoms with Crippen molar-refractivity contribution in [1.82, 2.24) is 15.2 Å². The van der Waals surface area contributed by atoms with Gasteiger partial charge in [-0.2, -0.15) is 5.10 Å². The molecule has 2 atom stereocenters. The van der Waals surface area contributed by atoms with Gasteiger partial charge >= 0.3 is 5.97 Å². The summed E-state index contributed by atoms with van der Waals surface area (Å²) in [6.45, 7) is 0. The lowest BCUT2D eigenvalue weighted by molar-refractivity contribution is 0.0699. The van der Waals surface area contributed by atoms with E-state index in [1.165, 1.54) is 5.56 Å². The summed E-state index contributed by atoms with van der Waals surface area (Å²) in [5.41, 5.74) is 3.93. The van der Waals surface area contributed by atoms with Crippen molar-refractivity contribution in [2.75, 3.05) is 0 Å². The highest BCUT2D eigenvalue weighted by atomic mass is 16.4. The Morgan fingerprint density at radius 3 is 2.50 bits per heavy atom. The number of phenols is 1. The minimum absolute atomic E-state index is 0.146. The van der Waals surface area contributed by atoms with Gasteiger partial charge in [-0.25, -0.2) is 9.78 Å². The van der Waals surface area contributed by atoms with Crippen LogP contribution in [0.25, 0.3) is 22.3 Å². The zero-order valence-electron chi connectivity index (χ0n) is 14.8. The number of benzene rings is 2. The first kappa shape index (κ1) is 16.5. The largest absolute Gasteiger partial charge is 0.508 e. The molecule has 5 rings (SSSR count). The average Bonchev–Trinajstić information content (AvgIpc) is 3.40. The number of nitrogens with one attached hydrogen (secondary N) is 1. The van der Waals surface area contributed by atoms with Crippen LogP contribution in [0.2, 0.25) is 0 Å². The molecular weight excluding hydrogens is 354 g/mol. The Labute approximate surface area is 160 Å². The van der Waals surface area contributed by atoms with Crippen LogP contribution in [0.15, 0.2) is 60.7 Å². The summed E-state index contributed by atoms with van der Waals surface area (Å²) in [4.78, 5) is 16.6. The Balaban J connectivity index is 1.60. The van der Waals surface area contributed by atoms with Gasteiger partial charge in [0.25, 0.3) is 0 Å². The third kappa shape index (κ3) is 2.70. The molecule has 1 aliphatic carbocycles. The number of aromatic hydroxyl groups is 1. The van der Waals surface area contributed by atoms with Crippen molar-refractivity contribution in [1.29, 1.82) is 0 Å². The van der Waals surface area contributed by atoms with E-state index in [2.05, 4.69) is 27.3 Å². The van der Waals surface area contributed by atoms with Crippen molar-refractivity contribution >= 4 is 17.0 Å². The molecule has 0 amide bonds. The van der Waals surface area contributed by atoms with E-state index in [4.69, 9.17) is 0 Å². The SMILES string of the molecule is O=C(O)c1cc(-c2ccc(O)cc2)nc2[nH]nc(C3CC3c3ccccc3)c12. The Kier molecular flexibility index (Phi) is 3.65. The third-order valence-corrected chi connectivity index (χ3v) is 5.32. The fourth-order valence-corrected chi connectivity index (χ4v) is 3.84. The van der Waals surface area contributed by atoms with Crippen molar-refractivity contribution in [2.45, 2.75) is 18.3 Å². The number of carboxylic acid groups (broad SMARTS) is 1. The van der Waals surface area contributed by atoms with Gasteiger partial charge in [0, 0.05) is 11.5 Å². The number of carbonyl (C=O) groups is 1. The molecule has 6 heteroatoms.